The quantitative estimate of drug-likeness (QED) is 0.863. The third kappa shape index (κ3) is 4.00. The number of rotatable bonds is 6. The smallest absolute Gasteiger partial charge is 0.0669 e. The fourth-order valence-electron chi connectivity index (χ4n) is 2.58. The van der Waals surface area contributed by atoms with Gasteiger partial charge in [0.05, 0.1) is 5.69 Å². The Kier molecular flexibility index (Phi) is 5.68. The molecule has 0 saturated heterocycles. The summed E-state index contributed by atoms with van der Waals surface area (Å²) in [6, 6.07) is 5.80. The standard InChI is InChI=1S/C16H21Cl2N3/c1-4-15-13(10-21(3)20-15)16(19-5-2)9-11-8-12(17)6-7-14(11)18/h6-8,10,16,19H,4-5,9H2,1-3H3. The molecule has 2 rings (SSSR count). The van der Waals surface area contributed by atoms with Crippen LogP contribution in [0.5, 0.6) is 0 Å². The maximum absolute atomic E-state index is 6.30. The first-order valence-corrected chi connectivity index (χ1v) is 8.00. The van der Waals surface area contributed by atoms with Gasteiger partial charge < -0.3 is 5.32 Å². The molecule has 1 N–H and O–H groups in total. The average Bonchev–Trinajstić information content (AvgIpc) is 2.83. The van der Waals surface area contributed by atoms with Gasteiger partial charge in [0.25, 0.3) is 0 Å². The summed E-state index contributed by atoms with van der Waals surface area (Å²) in [5.74, 6) is 0. The SMILES string of the molecule is CCNC(Cc1cc(Cl)ccc1Cl)c1cn(C)nc1CC. The lowest BCUT2D eigenvalue weighted by molar-refractivity contribution is 0.545. The summed E-state index contributed by atoms with van der Waals surface area (Å²) in [7, 11) is 1.96. The van der Waals surface area contributed by atoms with Gasteiger partial charge in [-0.05, 0) is 43.1 Å². The summed E-state index contributed by atoms with van der Waals surface area (Å²) in [6.07, 6.45) is 3.80. The van der Waals surface area contributed by atoms with Crippen LogP contribution in [0.2, 0.25) is 10.0 Å². The van der Waals surface area contributed by atoms with Gasteiger partial charge in [-0.15, -0.1) is 0 Å². The highest BCUT2D eigenvalue weighted by Gasteiger charge is 2.18. The first-order chi connectivity index (χ1) is 10.0. The Hall–Kier alpha value is -1.03. The van der Waals surface area contributed by atoms with Gasteiger partial charge in [0, 0.05) is 34.9 Å². The molecule has 0 saturated carbocycles. The summed E-state index contributed by atoms with van der Waals surface area (Å²) in [4.78, 5) is 0. The molecular formula is C16H21Cl2N3. The van der Waals surface area contributed by atoms with Crippen LogP contribution in [0.4, 0.5) is 0 Å². The van der Waals surface area contributed by atoms with Gasteiger partial charge in [-0.3, -0.25) is 4.68 Å². The van der Waals surface area contributed by atoms with E-state index in [4.69, 9.17) is 23.2 Å². The minimum absolute atomic E-state index is 0.189. The van der Waals surface area contributed by atoms with E-state index in [1.54, 1.807) is 0 Å². The Balaban J connectivity index is 2.32. The molecule has 0 aliphatic rings. The van der Waals surface area contributed by atoms with Gasteiger partial charge >= 0.3 is 0 Å². The highest BCUT2D eigenvalue weighted by Crippen LogP contribution is 2.27. The number of likely N-dealkylation sites (N-methyl/N-ethyl adjacent to an activating group) is 1. The highest BCUT2D eigenvalue weighted by atomic mass is 35.5. The van der Waals surface area contributed by atoms with Crippen molar-refractivity contribution in [3.8, 4) is 0 Å². The van der Waals surface area contributed by atoms with Crippen LogP contribution in [-0.4, -0.2) is 16.3 Å². The van der Waals surface area contributed by atoms with Gasteiger partial charge in [-0.2, -0.15) is 5.10 Å². The summed E-state index contributed by atoms with van der Waals surface area (Å²) < 4.78 is 1.87. The first kappa shape index (κ1) is 16.3. The van der Waals surface area contributed by atoms with E-state index in [9.17, 15) is 0 Å². The number of aromatic nitrogens is 2. The molecule has 0 bridgehead atoms. The van der Waals surface area contributed by atoms with Crippen molar-refractivity contribution in [3.05, 3.63) is 51.3 Å². The van der Waals surface area contributed by atoms with Crippen molar-refractivity contribution in [1.29, 1.82) is 0 Å². The van der Waals surface area contributed by atoms with Crippen LogP contribution >= 0.6 is 23.2 Å². The maximum atomic E-state index is 6.30. The Morgan fingerprint density at radius 2 is 2.05 bits per heavy atom. The van der Waals surface area contributed by atoms with Crippen LogP contribution in [-0.2, 0) is 19.9 Å². The van der Waals surface area contributed by atoms with E-state index < -0.39 is 0 Å². The number of hydrogen-bond donors (Lipinski definition) is 1. The maximum Gasteiger partial charge on any atom is 0.0669 e. The molecule has 21 heavy (non-hydrogen) atoms. The Morgan fingerprint density at radius 1 is 1.29 bits per heavy atom. The number of nitrogens with zero attached hydrogens (tertiary/aromatic N) is 2. The molecule has 5 heteroatoms. The zero-order chi connectivity index (χ0) is 15.4. The topological polar surface area (TPSA) is 29.9 Å². The zero-order valence-electron chi connectivity index (χ0n) is 12.7. The summed E-state index contributed by atoms with van der Waals surface area (Å²) in [5.41, 5.74) is 3.42. The van der Waals surface area contributed by atoms with Gasteiger partial charge in [0.1, 0.15) is 0 Å². The lowest BCUT2D eigenvalue weighted by atomic mass is 9.98. The molecule has 1 atom stereocenters. The number of hydrogen-bond acceptors (Lipinski definition) is 2. The molecule has 114 valence electrons. The average molecular weight is 326 g/mol. The van der Waals surface area contributed by atoms with Crippen molar-refractivity contribution in [2.45, 2.75) is 32.7 Å². The van der Waals surface area contributed by atoms with E-state index in [0.29, 0.717) is 5.02 Å². The molecule has 0 aliphatic heterocycles. The van der Waals surface area contributed by atoms with Crippen LogP contribution in [0.15, 0.2) is 24.4 Å². The molecule has 1 aromatic heterocycles. The minimum Gasteiger partial charge on any atom is -0.310 e. The van der Waals surface area contributed by atoms with Crippen molar-refractivity contribution in [3.63, 3.8) is 0 Å². The second-order valence-corrected chi connectivity index (χ2v) is 5.95. The number of nitrogens with one attached hydrogen (secondary N) is 1. The van der Waals surface area contributed by atoms with Crippen LogP contribution in [0, 0.1) is 0 Å². The van der Waals surface area contributed by atoms with E-state index in [1.165, 1.54) is 5.56 Å². The summed E-state index contributed by atoms with van der Waals surface area (Å²) >= 11 is 12.4. The summed E-state index contributed by atoms with van der Waals surface area (Å²) in [6.45, 7) is 5.12. The molecule has 0 aliphatic carbocycles. The second kappa shape index (κ2) is 7.30. The van der Waals surface area contributed by atoms with Crippen molar-refractivity contribution in [2.24, 2.45) is 7.05 Å². The van der Waals surface area contributed by atoms with Gasteiger partial charge in [-0.1, -0.05) is 37.0 Å². The molecule has 0 radical (unpaired) electrons. The Bertz CT molecular complexity index is 608. The lowest BCUT2D eigenvalue weighted by Gasteiger charge is -2.19. The van der Waals surface area contributed by atoms with Gasteiger partial charge in [0.2, 0.25) is 0 Å². The molecule has 1 heterocycles. The number of aryl methyl sites for hydroxylation is 2. The van der Waals surface area contributed by atoms with E-state index in [-0.39, 0.29) is 6.04 Å². The van der Waals surface area contributed by atoms with Gasteiger partial charge in [0.15, 0.2) is 0 Å². The molecule has 3 nitrogen and oxygen atoms in total. The van der Waals surface area contributed by atoms with Crippen molar-refractivity contribution in [2.75, 3.05) is 6.54 Å². The van der Waals surface area contributed by atoms with E-state index in [1.807, 2.05) is 29.9 Å². The number of benzene rings is 1. The van der Waals surface area contributed by atoms with Crippen LogP contribution in [0.3, 0.4) is 0 Å². The normalized spacial score (nSPS) is 12.6. The van der Waals surface area contributed by atoms with E-state index >= 15 is 0 Å². The lowest BCUT2D eigenvalue weighted by Crippen LogP contribution is -2.23. The van der Waals surface area contributed by atoms with Gasteiger partial charge in [-0.25, -0.2) is 0 Å². The van der Waals surface area contributed by atoms with Crippen LogP contribution < -0.4 is 5.32 Å². The molecule has 2 aromatic rings. The monoisotopic (exact) mass is 325 g/mol. The minimum atomic E-state index is 0.189. The summed E-state index contributed by atoms with van der Waals surface area (Å²) in [5, 5.41) is 9.53. The largest absolute Gasteiger partial charge is 0.310 e. The first-order valence-electron chi connectivity index (χ1n) is 7.24. The predicted octanol–water partition coefficient (Wildman–Crippen LogP) is 4.18. The van der Waals surface area contributed by atoms with Crippen molar-refractivity contribution in [1.82, 2.24) is 15.1 Å². The van der Waals surface area contributed by atoms with E-state index in [0.717, 1.165) is 35.7 Å². The fraction of sp³-hybridized carbons (Fsp3) is 0.438. The van der Waals surface area contributed by atoms with Crippen molar-refractivity contribution < 1.29 is 0 Å². The molecule has 0 fully saturated rings. The molecule has 0 spiro atoms. The molecular weight excluding hydrogens is 305 g/mol. The molecule has 0 amide bonds. The third-order valence-corrected chi connectivity index (χ3v) is 4.13. The highest BCUT2D eigenvalue weighted by molar-refractivity contribution is 6.33. The Labute approximate surface area is 136 Å². The number of halogens is 2. The second-order valence-electron chi connectivity index (χ2n) is 5.11. The van der Waals surface area contributed by atoms with Crippen LogP contribution in [0.25, 0.3) is 0 Å². The predicted molar refractivity (Wildman–Crippen MR) is 89.2 cm³/mol. The van der Waals surface area contributed by atoms with Crippen molar-refractivity contribution >= 4 is 23.2 Å². The zero-order valence-corrected chi connectivity index (χ0v) is 14.2. The van der Waals surface area contributed by atoms with E-state index in [2.05, 4.69) is 30.5 Å². The molecule has 1 unspecified atom stereocenters. The fourth-order valence-corrected chi connectivity index (χ4v) is 2.97. The third-order valence-electron chi connectivity index (χ3n) is 3.53. The van der Waals surface area contributed by atoms with Crippen LogP contribution in [0.1, 0.15) is 36.7 Å². The molecule has 1 aromatic carbocycles. The Morgan fingerprint density at radius 3 is 2.71 bits per heavy atom.